The Balaban J connectivity index is 2.25. The van der Waals surface area contributed by atoms with Crippen LogP contribution in [0.15, 0.2) is 23.1 Å². The summed E-state index contributed by atoms with van der Waals surface area (Å²) >= 11 is 0.687. The van der Waals surface area contributed by atoms with Crippen molar-refractivity contribution in [3.05, 3.63) is 28.7 Å². The number of rotatable bonds is 6. The fourth-order valence-corrected chi connectivity index (χ4v) is 2.77. The van der Waals surface area contributed by atoms with Crippen LogP contribution in [0.2, 0.25) is 0 Å². The van der Waals surface area contributed by atoms with E-state index in [1.807, 2.05) is 0 Å². The zero-order chi connectivity index (χ0) is 17.7. The van der Waals surface area contributed by atoms with Crippen LogP contribution in [0.4, 0.5) is 4.79 Å². The van der Waals surface area contributed by atoms with E-state index < -0.39 is 23.7 Å². The molecule has 1 aliphatic heterocycles. The van der Waals surface area contributed by atoms with Gasteiger partial charge in [-0.3, -0.25) is 19.3 Å². The van der Waals surface area contributed by atoms with E-state index >= 15 is 0 Å². The summed E-state index contributed by atoms with van der Waals surface area (Å²) in [5.41, 5.74) is 0.598. The highest BCUT2D eigenvalue weighted by molar-refractivity contribution is 8.18. The molecule has 0 bridgehead atoms. The van der Waals surface area contributed by atoms with Gasteiger partial charge in [-0.2, -0.15) is 0 Å². The molecule has 0 spiro atoms. The Morgan fingerprint density at radius 1 is 1.42 bits per heavy atom. The molecule has 8 heteroatoms. The summed E-state index contributed by atoms with van der Waals surface area (Å²) in [4.78, 5) is 35.3. The summed E-state index contributed by atoms with van der Waals surface area (Å²) in [6, 6.07) is 4.92. The number of ether oxygens (including phenoxy) is 2. The maximum atomic E-state index is 12.1. The first-order valence-electron chi connectivity index (χ1n) is 6.67. The summed E-state index contributed by atoms with van der Waals surface area (Å²) < 4.78 is 10.5. The van der Waals surface area contributed by atoms with Gasteiger partial charge in [-0.15, -0.1) is 6.42 Å². The number of amides is 2. The van der Waals surface area contributed by atoms with Gasteiger partial charge in [0.2, 0.25) is 0 Å². The predicted molar refractivity (Wildman–Crippen MR) is 87.6 cm³/mol. The van der Waals surface area contributed by atoms with E-state index in [1.165, 1.54) is 13.2 Å². The molecule has 1 aromatic carbocycles. The minimum atomic E-state index is -1.25. The Bertz CT molecular complexity index is 764. The minimum absolute atomic E-state index is 0.0871. The standard InChI is InChI=1S/C16H13NO6S/c1-3-6-23-11-5-4-10(7-12(11)22-2)8-13-15(20)17(9-14(18)19)16(21)24-13/h1,4-5,7-8H,6,9H2,2H3,(H,18,19)/b13-8-. The smallest absolute Gasteiger partial charge is 0.323 e. The fraction of sp³-hybridized carbons (Fsp3) is 0.188. The van der Waals surface area contributed by atoms with Gasteiger partial charge >= 0.3 is 5.97 Å². The Kier molecular flexibility index (Phi) is 5.50. The van der Waals surface area contributed by atoms with Crippen LogP contribution in [0.5, 0.6) is 11.5 Å². The average molecular weight is 347 g/mol. The molecule has 2 amide bonds. The molecule has 2 rings (SSSR count). The fourth-order valence-electron chi connectivity index (χ4n) is 1.94. The second-order valence-corrected chi connectivity index (χ2v) is 5.56. The molecule has 0 atom stereocenters. The number of carboxylic acids is 1. The number of hydrogen-bond acceptors (Lipinski definition) is 6. The largest absolute Gasteiger partial charge is 0.493 e. The molecule has 24 heavy (non-hydrogen) atoms. The van der Waals surface area contributed by atoms with Crippen molar-refractivity contribution >= 4 is 35.0 Å². The molecule has 0 aliphatic carbocycles. The maximum Gasteiger partial charge on any atom is 0.323 e. The summed E-state index contributed by atoms with van der Waals surface area (Å²) in [5, 5.41) is 8.12. The Labute approximate surface area is 142 Å². The van der Waals surface area contributed by atoms with E-state index in [2.05, 4.69) is 5.92 Å². The molecule has 1 aromatic rings. The van der Waals surface area contributed by atoms with Gasteiger partial charge in [0, 0.05) is 0 Å². The van der Waals surface area contributed by atoms with Gasteiger partial charge in [0.05, 0.1) is 12.0 Å². The van der Waals surface area contributed by atoms with Crippen LogP contribution in [0.3, 0.4) is 0 Å². The number of hydrogen-bond donors (Lipinski definition) is 1. The molecular formula is C16H13NO6S. The first-order valence-corrected chi connectivity index (χ1v) is 7.49. The lowest BCUT2D eigenvalue weighted by Gasteiger charge is -2.09. The van der Waals surface area contributed by atoms with Crippen LogP contribution < -0.4 is 9.47 Å². The second-order valence-electron chi connectivity index (χ2n) is 4.56. The minimum Gasteiger partial charge on any atom is -0.493 e. The molecule has 1 fully saturated rings. The van der Waals surface area contributed by atoms with Gasteiger partial charge in [-0.1, -0.05) is 12.0 Å². The summed E-state index contributed by atoms with van der Waals surface area (Å²) in [7, 11) is 1.46. The Morgan fingerprint density at radius 2 is 2.17 bits per heavy atom. The average Bonchev–Trinajstić information content (AvgIpc) is 2.80. The first-order chi connectivity index (χ1) is 11.5. The lowest BCUT2D eigenvalue weighted by Crippen LogP contribution is -2.33. The molecule has 1 heterocycles. The lowest BCUT2D eigenvalue weighted by molar-refractivity contribution is -0.140. The van der Waals surface area contributed by atoms with Crippen molar-refractivity contribution in [1.29, 1.82) is 0 Å². The Morgan fingerprint density at radius 3 is 2.79 bits per heavy atom. The molecule has 7 nitrogen and oxygen atoms in total. The first kappa shape index (κ1) is 17.4. The van der Waals surface area contributed by atoms with E-state index in [0.29, 0.717) is 33.7 Å². The van der Waals surface area contributed by atoms with Crippen LogP contribution in [0.1, 0.15) is 5.56 Å². The van der Waals surface area contributed by atoms with E-state index in [4.69, 9.17) is 21.0 Å². The van der Waals surface area contributed by atoms with Crippen LogP contribution in [-0.4, -0.2) is 47.4 Å². The highest BCUT2D eigenvalue weighted by atomic mass is 32.2. The number of carboxylic acid groups (broad SMARTS) is 1. The molecular weight excluding hydrogens is 334 g/mol. The number of nitrogens with zero attached hydrogens (tertiary/aromatic N) is 1. The van der Waals surface area contributed by atoms with Crippen molar-refractivity contribution in [3.63, 3.8) is 0 Å². The van der Waals surface area contributed by atoms with Crippen molar-refractivity contribution in [2.24, 2.45) is 0 Å². The van der Waals surface area contributed by atoms with Crippen LogP contribution in [0, 0.1) is 12.3 Å². The lowest BCUT2D eigenvalue weighted by atomic mass is 10.2. The molecule has 124 valence electrons. The van der Waals surface area contributed by atoms with Crippen LogP contribution >= 0.6 is 11.8 Å². The molecule has 0 saturated carbocycles. The summed E-state index contributed by atoms with van der Waals surface area (Å²) in [6.07, 6.45) is 6.62. The van der Waals surface area contributed by atoms with E-state index in [-0.39, 0.29) is 11.5 Å². The molecule has 1 N–H and O–H groups in total. The van der Waals surface area contributed by atoms with Crippen molar-refractivity contribution in [1.82, 2.24) is 4.90 Å². The SMILES string of the molecule is C#CCOc1ccc(/C=C2\SC(=O)N(CC(=O)O)C2=O)cc1OC. The van der Waals surface area contributed by atoms with E-state index in [0.717, 1.165) is 0 Å². The summed E-state index contributed by atoms with van der Waals surface area (Å²) in [6.45, 7) is -0.575. The predicted octanol–water partition coefficient (Wildman–Crippen LogP) is 1.83. The number of aliphatic carboxylic acids is 1. The second kappa shape index (κ2) is 7.57. The molecule has 0 unspecified atom stereocenters. The summed E-state index contributed by atoms with van der Waals surface area (Å²) in [5.74, 6) is 1.32. The third-order valence-electron chi connectivity index (χ3n) is 2.96. The number of benzene rings is 1. The number of terminal acetylenes is 1. The number of imide groups is 1. The van der Waals surface area contributed by atoms with E-state index in [1.54, 1.807) is 18.2 Å². The quantitative estimate of drug-likeness (QED) is 0.620. The molecule has 1 aliphatic rings. The van der Waals surface area contributed by atoms with Gasteiger partial charge in [0.25, 0.3) is 11.1 Å². The van der Waals surface area contributed by atoms with Gasteiger partial charge in [0.1, 0.15) is 13.2 Å². The van der Waals surface area contributed by atoms with Crippen molar-refractivity contribution < 1.29 is 29.0 Å². The van der Waals surface area contributed by atoms with E-state index in [9.17, 15) is 14.4 Å². The van der Waals surface area contributed by atoms with Crippen molar-refractivity contribution in [3.8, 4) is 23.8 Å². The van der Waals surface area contributed by atoms with Gasteiger partial charge in [-0.05, 0) is 35.5 Å². The number of carbonyl (C=O) groups is 3. The number of carbonyl (C=O) groups excluding carboxylic acids is 2. The highest BCUT2D eigenvalue weighted by Gasteiger charge is 2.36. The van der Waals surface area contributed by atoms with Gasteiger partial charge < -0.3 is 14.6 Å². The molecule has 1 saturated heterocycles. The van der Waals surface area contributed by atoms with Crippen LogP contribution in [0.25, 0.3) is 6.08 Å². The number of thioether (sulfide) groups is 1. The Hall–Kier alpha value is -2.92. The third-order valence-corrected chi connectivity index (χ3v) is 3.87. The van der Waals surface area contributed by atoms with Crippen molar-refractivity contribution in [2.75, 3.05) is 20.3 Å². The van der Waals surface area contributed by atoms with Gasteiger partial charge in [-0.25, -0.2) is 0 Å². The molecule has 0 radical (unpaired) electrons. The zero-order valence-corrected chi connectivity index (χ0v) is 13.5. The van der Waals surface area contributed by atoms with Gasteiger partial charge in [0.15, 0.2) is 11.5 Å². The third kappa shape index (κ3) is 3.88. The normalized spacial score (nSPS) is 15.5. The highest BCUT2D eigenvalue weighted by Crippen LogP contribution is 2.34. The zero-order valence-electron chi connectivity index (χ0n) is 12.6. The maximum absolute atomic E-state index is 12.1. The van der Waals surface area contributed by atoms with Crippen LogP contribution in [-0.2, 0) is 9.59 Å². The topological polar surface area (TPSA) is 93.1 Å². The number of methoxy groups -OCH3 is 1. The van der Waals surface area contributed by atoms with Crippen molar-refractivity contribution in [2.45, 2.75) is 0 Å². The molecule has 0 aromatic heterocycles. The monoisotopic (exact) mass is 347 g/mol.